The van der Waals surface area contributed by atoms with E-state index in [1.165, 1.54) is 0 Å². The summed E-state index contributed by atoms with van der Waals surface area (Å²) in [6.07, 6.45) is 2.31. The van der Waals surface area contributed by atoms with Crippen molar-refractivity contribution in [3.05, 3.63) is 34.9 Å². The Bertz CT molecular complexity index is 414. The molecule has 1 aliphatic carbocycles. The van der Waals surface area contributed by atoms with Crippen molar-refractivity contribution in [2.45, 2.75) is 25.0 Å². The Kier molecular flexibility index (Phi) is 2.37. The third-order valence-corrected chi connectivity index (χ3v) is 3.39. The molecule has 1 aromatic rings. The lowest BCUT2D eigenvalue weighted by molar-refractivity contribution is -0.128. The summed E-state index contributed by atoms with van der Waals surface area (Å²) < 4.78 is 0. The van der Waals surface area contributed by atoms with Crippen LogP contribution in [0.25, 0.3) is 0 Å². The molecule has 16 heavy (non-hydrogen) atoms. The van der Waals surface area contributed by atoms with Crippen molar-refractivity contribution in [1.82, 2.24) is 10.2 Å². The van der Waals surface area contributed by atoms with Gasteiger partial charge in [0.05, 0.1) is 6.54 Å². The Labute approximate surface area is 99.4 Å². The number of carbonyl (C=O) groups is 1. The van der Waals surface area contributed by atoms with E-state index >= 15 is 0 Å². The molecule has 4 heteroatoms. The molecule has 3 nitrogen and oxygen atoms in total. The first-order valence-electron chi connectivity index (χ1n) is 5.56. The van der Waals surface area contributed by atoms with Crippen LogP contribution in [0.15, 0.2) is 24.3 Å². The molecule has 1 N–H and O–H groups in total. The van der Waals surface area contributed by atoms with Crippen molar-refractivity contribution in [3.63, 3.8) is 0 Å². The van der Waals surface area contributed by atoms with Crippen LogP contribution in [0.4, 0.5) is 0 Å². The van der Waals surface area contributed by atoms with Crippen LogP contribution in [-0.2, 0) is 4.79 Å². The molecule has 1 saturated heterocycles. The molecule has 2 fully saturated rings. The Morgan fingerprint density at radius 3 is 2.56 bits per heavy atom. The Balaban J connectivity index is 1.88. The zero-order chi connectivity index (χ0) is 11.1. The first-order valence-corrected chi connectivity index (χ1v) is 5.93. The van der Waals surface area contributed by atoms with Crippen LogP contribution in [0.3, 0.4) is 0 Å². The number of hydrogen-bond acceptors (Lipinski definition) is 2. The van der Waals surface area contributed by atoms with Gasteiger partial charge in [0, 0.05) is 11.1 Å². The number of nitrogens with one attached hydrogen (secondary N) is 1. The lowest BCUT2D eigenvalue weighted by Crippen LogP contribution is -2.32. The maximum atomic E-state index is 11.7. The molecule has 0 bridgehead atoms. The van der Waals surface area contributed by atoms with E-state index in [9.17, 15) is 4.79 Å². The second kappa shape index (κ2) is 3.75. The van der Waals surface area contributed by atoms with E-state index < -0.39 is 0 Å². The van der Waals surface area contributed by atoms with Crippen molar-refractivity contribution in [2.75, 3.05) is 6.54 Å². The number of hydrogen-bond donors (Lipinski definition) is 1. The van der Waals surface area contributed by atoms with Gasteiger partial charge in [-0.1, -0.05) is 23.7 Å². The summed E-state index contributed by atoms with van der Waals surface area (Å²) in [5.74, 6) is 0.211. The van der Waals surface area contributed by atoms with E-state index in [-0.39, 0.29) is 12.1 Å². The average Bonchev–Trinajstić information content (AvgIpc) is 3.04. The van der Waals surface area contributed by atoms with Gasteiger partial charge in [-0.05, 0) is 30.5 Å². The summed E-state index contributed by atoms with van der Waals surface area (Å²) in [5.41, 5.74) is 1.11. The fourth-order valence-electron chi connectivity index (χ4n) is 2.21. The predicted octanol–water partition coefficient (Wildman–Crippen LogP) is 1.93. The van der Waals surface area contributed by atoms with E-state index in [4.69, 9.17) is 11.6 Å². The largest absolute Gasteiger partial charge is 0.319 e. The minimum absolute atomic E-state index is 0.0391. The lowest BCUT2D eigenvalue weighted by Gasteiger charge is -2.24. The summed E-state index contributed by atoms with van der Waals surface area (Å²) in [6, 6.07) is 8.14. The number of amides is 1. The summed E-state index contributed by atoms with van der Waals surface area (Å²) in [4.78, 5) is 13.7. The molecule has 1 aromatic carbocycles. The minimum Gasteiger partial charge on any atom is -0.319 e. The molecule has 0 radical (unpaired) electrons. The number of halogens is 1. The van der Waals surface area contributed by atoms with Crippen LogP contribution >= 0.6 is 11.6 Å². The summed E-state index contributed by atoms with van der Waals surface area (Å²) in [5, 5.41) is 3.97. The Hall–Kier alpha value is -1.06. The lowest BCUT2D eigenvalue weighted by atomic mass is 10.1. The van der Waals surface area contributed by atoms with Crippen molar-refractivity contribution in [2.24, 2.45) is 0 Å². The number of carbonyl (C=O) groups excluding carboxylic acids is 1. The highest BCUT2D eigenvalue weighted by Crippen LogP contribution is 2.35. The first kappa shape index (κ1) is 10.1. The van der Waals surface area contributed by atoms with Crippen LogP contribution in [0, 0.1) is 0 Å². The molecule has 0 spiro atoms. The van der Waals surface area contributed by atoms with Crippen molar-refractivity contribution in [3.8, 4) is 0 Å². The third kappa shape index (κ3) is 1.70. The van der Waals surface area contributed by atoms with Gasteiger partial charge in [0.15, 0.2) is 0 Å². The standard InChI is InChI=1S/C12H13ClN2O/c13-9-3-1-8(2-4-9)12-14-7-11(16)15(12)10-5-6-10/h1-4,10,12,14H,5-7H2. The van der Waals surface area contributed by atoms with E-state index in [0.29, 0.717) is 12.6 Å². The van der Waals surface area contributed by atoms with Crippen molar-refractivity contribution in [1.29, 1.82) is 0 Å². The summed E-state index contributed by atoms with van der Waals surface area (Å²) in [7, 11) is 0. The van der Waals surface area contributed by atoms with Gasteiger partial charge < -0.3 is 4.90 Å². The Morgan fingerprint density at radius 1 is 1.25 bits per heavy atom. The zero-order valence-corrected chi connectivity index (χ0v) is 9.57. The molecule has 1 unspecified atom stereocenters. The number of nitrogens with zero attached hydrogens (tertiary/aromatic N) is 1. The zero-order valence-electron chi connectivity index (χ0n) is 8.82. The van der Waals surface area contributed by atoms with Gasteiger partial charge in [-0.25, -0.2) is 0 Å². The second-order valence-corrected chi connectivity index (χ2v) is 4.80. The minimum atomic E-state index is 0.0391. The topological polar surface area (TPSA) is 32.3 Å². The average molecular weight is 237 g/mol. The molecule has 1 heterocycles. The van der Waals surface area contributed by atoms with Gasteiger partial charge in [0.1, 0.15) is 6.17 Å². The highest BCUT2D eigenvalue weighted by atomic mass is 35.5. The maximum Gasteiger partial charge on any atom is 0.238 e. The van der Waals surface area contributed by atoms with Gasteiger partial charge in [0.2, 0.25) is 5.91 Å². The number of rotatable bonds is 2. The summed E-state index contributed by atoms with van der Waals surface area (Å²) >= 11 is 5.86. The molecule has 1 atom stereocenters. The van der Waals surface area contributed by atoms with Gasteiger partial charge >= 0.3 is 0 Å². The van der Waals surface area contributed by atoms with Crippen LogP contribution in [-0.4, -0.2) is 23.4 Å². The molecule has 0 aromatic heterocycles. The van der Waals surface area contributed by atoms with E-state index in [2.05, 4.69) is 5.32 Å². The highest BCUT2D eigenvalue weighted by Gasteiger charge is 2.41. The highest BCUT2D eigenvalue weighted by molar-refractivity contribution is 6.30. The van der Waals surface area contributed by atoms with Crippen LogP contribution < -0.4 is 5.32 Å². The normalized spacial score (nSPS) is 25.2. The summed E-state index contributed by atoms with van der Waals surface area (Å²) in [6.45, 7) is 0.448. The molecular weight excluding hydrogens is 224 g/mol. The smallest absolute Gasteiger partial charge is 0.238 e. The molecule has 1 aliphatic heterocycles. The van der Waals surface area contributed by atoms with Gasteiger partial charge in [0.25, 0.3) is 0 Å². The quantitative estimate of drug-likeness (QED) is 0.851. The molecule has 1 amide bonds. The SMILES string of the molecule is O=C1CNC(c2ccc(Cl)cc2)N1C1CC1. The van der Waals surface area contributed by atoms with Crippen LogP contribution in [0.2, 0.25) is 5.02 Å². The van der Waals surface area contributed by atoms with Gasteiger partial charge in [-0.3, -0.25) is 10.1 Å². The van der Waals surface area contributed by atoms with Crippen LogP contribution in [0.1, 0.15) is 24.6 Å². The molecule has 1 saturated carbocycles. The molecule has 2 aliphatic rings. The van der Waals surface area contributed by atoms with Gasteiger partial charge in [-0.2, -0.15) is 0 Å². The fourth-order valence-corrected chi connectivity index (χ4v) is 2.33. The first-order chi connectivity index (χ1) is 7.75. The van der Waals surface area contributed by atoms with E-state index in [1.54, 1.807) is 0 Å². The van der Waals surface area contributed by atoms with Gasteiger partial charge in [-0.15, -0.1) is 0 Å². The van der Waals surface area contributed by atoms with Crippen molar-refractivity contribution >= 4 is 17.5 Å². The van der Waals surface area contributed by atoms with Crippen LogP contribution in [0.5, 0.6) is 0 Å². The molecule has 3 rings (SSSR count). The fraction of sp³-hybridized carbons (Fsp3) is 0.417. The maximum absolute atomic E-state index is 11.7. The van der Waals surface area contributed by atoms with E-state index in [0.717, 1.165) is 23.4 Å². The monoisotopic (exact) mass is 236 g/mol. The van der Waals surface area contributed by atoms with Crippen molar-refractivity contribution < 1.29 is 4.79 Å². The molecule has 84 valence electrons. The number of benzene rings is 1. The molecular formula is C12H13ClN2O. The predicted molar refractivity (Wildman–Crippen MR) is 62.1 cm³/mol. The second-order valence-electron chi connectivity index (χ2n) is 4.37. The van der Waals surface area contributed by atoms with E-state index in [1.807, 2.05) is 29.2 Å². The Morgan fingerprint density at radius 2 is 1.94 bits per heavy atom. The third-order valence-electron chi connectivity index (χ3n) is 3.14.